The van der Waals surface area contributed by atoms with Crippen molar-refractivity contribution in [2.24, 2.45) is 0 Å². The van der Waals surface area contributed by atoms with E-state index in [0.717, 1.165) is 16.8 Å². The molecular formula is C31H33ClN4O5S. The number of methoxy groups -OCH3 is 2. The van der Waals surface area contributed by atoms with Gasteiger partial charge < -0.3 is 19.2 Å². The van der Waals surface area contributed by atoms with Gasteiger partial charge in [-0.25, -0.2) is 4.68 Å². The fourth-order valence-corrected chi connectivity index (χ4v) is 6.38. The van der Waals surface area contributed by atoms with Crippen molar-refractivity contribution < 1.29 is 23.5 Å². The maximum absolute atomic E-state index is 13.9. The molecule has 1 N–H and O–H groups in total. The lowest BCUT2D eigenvalue weighted by Crippen LogP contribution is -2.42. The van der Waals surface area contributed by atoms with Crippen LogP contribution in [0.25, 0.3) is 5.69 Å². The zero-order chi connectivity index (χ0) is 30.0. The third kappa shape index (κ3) is 5.87. The Labute approximate surface area is 254 Å². The normalized spacial score (nSPS) is 15.2. The lowest BCUT2D eigenvalue weighted by molar-refractivity contribution is -0.123. The number of para-hydroxylation sites is 1. The van der Waals surface area contributed by atoms with Crippen LogP contribution in [0.5, 0.6) is 11.5 Å². The van der Waals surface area contributed by atoms with Crippen LogP contribution in [0.4, 0.5) is 5.82 Å². The number of hydrogen-bond acceptors (Lipinski definition) is 7. The second-order valence-electron chi connectivity index (χ2n) is 10.8. The van der Waals surface area contributed by atoms with Gasteiger partial charge in [0.15, 0.2) is 0 Å². The molecule has 0 unspecified atom stereocenters. The van der Waals surface area contributed by atoms with Crippen LogP contribution in [-0.4, -0.2) is 48.1 Å². The molecule has 11 heteroatoms. The van der Waals surface area contributed by atoms with E-state index in [1.54, 1.807) is 43.4 Å². The van der Waals surface area contributed by atoms with E-state index in [4.69, 9.17) is 30.6 Å². The lowest BCUT2D eigenvalue weighted by Gasteiger charge is -2.25. The monoisotopic (exact) mass is 608 g/mol. The van der Waals surface area contributed by atoms with Gasteiger partial charge in [-0.3, -0.25) is 14.5 Å². The zero-order valence-electron chi connectivity index (χ0n) is 24.1. The van der Waals surface area contributed by atoms with Crippen molar-refractivity contribution in [3.05, 3.63) is 88.5 Å². The fraction of sp³-hybridized carbons (Fsp3) is 0.323. The second kappa shape index (κ2) is 12.1. The number of benzene rings is 2. The summed E-state index contributed by atoms with van der Waals surface area (Å²) in [6.45, 7) is 6.21. The largest absolute Gasteiger partial charge is 0.497 e. The highest BCUT2D eigenvalue weighted by Crippen LogP contribution is 2.51. The molecule has 0 bridgehead atoms. The third-order valence-corrected chi connectivity index (χ3v) is 8.50. The van der Waals surface area contributed by atoms with Crippen molar-refractivity contribution in [1.29, 1.82) is 0 Å². The van der Waals surface area contributed by atoms with Gasteiger partial charge in [0, 0.05) is 16.5 Å². The number of hydrogen-bond donors (Lipinski definition) is 1. The lowest BCUT2D eigenvalue weighted by atomic mass is 9.87. The summed E-state index contributed by atoms with van der Waals surface area (Å²) in [7, 11) is 3.23. The maximum atomic E-state index is 13.9. The smallest absolute Gasteiger partial charge is 0.240 e. The molecule has 0 radical (unpaired) electrons. The molecule has 9 nitrogen and oxygen atoms in total. The van der Waals surface area contributed by atoms with E-state index in [1.807, 2.05) is 36.4 Å². The quantitative estimate of drug-likeness (QED) is 0.265. The number of carbonyl (C=O) groups is 2. The van der Waals surface area contributed by atoms with Crippen LogP contribution in [0.2, 0.25) is 5.02 Å². The molecule has 0 saturated carbocycles. The van der Waals surface area contributed by atoms with Gasteiger partial charge >= 0.3 is 0 Å². The van der Waals surface area contributed by atoms with E-state index in [9.17, 15) is 9.59 Å². The molecule has 1 atom stereocenters. The summed E-state index contributed by atoms with van der Waals surface area (Å²) in [4.78, 5) is 28.7. The summed E-state index contributed by atoms with van der Waals surface area (Å²) in [6.07, 6.45) is 1.55. The van der Waals surface area contributed by atoms with Crippen molar-refractivity contribution in [2.75, 3.05) is 31.4 Å². The minimum Gasteiger partial charge on any atom is -0.497 e. The summed E-state index contributed by atoms with van der Waals surface area (Å²) in [5, 5.41) is 8.05. The first kappa shape index (κ1) is 29.6. The highest BCUT2D eigenvalue weighted by atomic mass is 35.5. The number of carbonyl (C=O) groups excluding carboxylic acids is 2. The molecule has 5 rings (SSSR count). The van der Waals surface area contributed by atoms with Gasteiger partial charge in [0.05, 0.1) is 54.4 Å². The third-order valence-electron chi connectivity index (χ3n) is 6.94. The van der Waals surface area contributed by atoms with Gasteiger partial charge in [-0.05, 0) is 42.5 Å². The highest BCUT2D eigenvalue weighted by molar-refractivity contribution is 8.00. The van der Waals surface area contributed by atoms with E-state index in [0.29, 0.717) is 33.8 Å². The van der Waals surface area contributed by atoms with Crippen LogP contribution in [0.15, 0.2) is 65.3 Å². The van der Waals surface area contributed by atoms with E-state index < -0.39 is 5.41 Å². The molecular weight excluding hydrogens is 576 g/mol. The Balaban J connectivity index is 1.73. The van der Waals surface area contributed by atoms with Gasteiger partial charge in [0.1, 0.15) is 29.6 Å². The SMILES string of the molecule is COc1ccc(OC)c([C@@H]2SCC(=O)N(CC(=O)NCc3ccco3)c3c2c(C(C)(C)C)nn3-c2ccccc2Cl)c1. The Morgan fingerprint density at radius 3 is 2.60 bits per heavy atom. The molecule has 2 aromatic heterocycles. The molecule has 0 saturated heterocycles. The van der Waals surface area contributed by atoms with Crippen LogP contribution >= 0.6 is 23.4 Å². The van der Waals surface area contributed by atoms with Gasteiger partial charge in [-0.15, -0.1) is 11.8 Å². The van der Waals surface area contributed by atoms with Gasteiger partial charge in [0.25, 0.3) is 0 Å². The predicted molar refractivity (Wildman–Crippen MR) is 164 cm³/mol. The first-order valence-corrected chi connectivity index (χ1v) is 14.9. The Morgan fingerprint density at radius 2 is 1.93 bits per heavy atom. The van der Waals surface area contributed by atoms with Crippen molar-refractivity contribution in [3.8, 4) is 17.2 Å². The number of thioether (sulfide) groups is 1. The summed E-state index contributed by atoms with van der Waals surface area (Å²) in [5.74, 6) is 1.98. The number of rotatable bonds is 8. The van der Waals surface area contributed by atoms with Crippen LogP contribution in [0.1, 0.15) is 48.6 Å². The number of amides is 2. The number of aromatic nitrogens is 2. The predicted octanol–water partition coefficient (Wildman–Crippen LogP) is 5.92. The molecule has 4 aromatic rings. The van der Waals surface area contributed by atoms with Crippen molar-refractivity contribution in [1.82, 2.24) is 15.1 Å². The minimum atomic E-state index is -0.428. The van der Waals surface area contributed by atoms with Crippen LogP contribution in [0.3, 0.4) is 0 Å². The maximum Gasteiger partial charge on any atom is 0.240 e. The first-order chi connectivity index (χ1) is 20.1. The molecule has 0 fully saturated rings. The molecule has 42 heavy (non-hydrogen) atoms. The van der Waals surface area contributed by atoms with Crippen molar-refractivity contribution in [3.63, 3.8) is 0 Å². The van der Waals surface area contributed by atoms with E-state index >= 15 is 0 Å². The van der Waals surface area contributed by atoms with Crippen LogP contribution in [-0.2, 0) is 21.5 Å². The first-order valence-electron chi connectivity index (χ1n) is 13.4. The number of nitrogens with one attached hydrogen (secondary N) is 1. The molecule has 0 spiro atoms. The molecule has 2 amide bonds. The Kier molecular flexibility index (Phi) is 8.56. The van der Waals surface area contributed by atoms with Crippen LogP contribution in [0, 0.1) is 0 Å². The average Bonchev–Trinajstić information content (AvgIpc) is 3.61. The number of furan rings is 1. The Hall–Kier alpha value is -3.89. The van der Waals surface area contributed by atoms with Crippen molar-refractivity contribution in [2.45, 2.75) is 38.0 Å². The molecule has 2 aromatic carbocycles. The summed E-state index contributed by atoms with van der Waals surface area (Å²) < 4.78 is 18.4. The van der Waals surface area contributed by atoms with E-state index in [1.165, 1.54) is 16.7 Å². The highest BCUT2D eigenvalue weighted by Gasteiger charge is 2.41. The molecule has 3 heterocycles. The average molecular weight is 609 g/mol. The summed E-state index contributed by atoms with van der Waals surface area (Å²) in [5.41, 5.74) is 2.59. The molecule has 0 aliphatic carbocycles. The number of ether oxygens (including phenoxy) is 2. The van der Waals surface area contributed by atoms with Gasteiger partial charge in [-0.2, -0.15) is 5.10 Å². The summed E-state index contributed by atoms with van der Waals surface area (Å²) in [6, 6.07) is 16.5. The van der Waals surface area contributed by atoms with E-state index in [-0.39, 0.29) is 35.9 Å². The Bertz CT molecular complexity index is 1600. The second-order valence-corrected chi connectivity index (χ2v) is 12.3. The van der Waals surface area contributed by atoms with E-state index in [2.05, 4.69) is 26.1 Å². The number of nitrogens with zero attached hydrogens (tertiary/aromatic N) is 3. The Morgan fingerprint density at radius 1 is 1.14 bits per heavy atom. The van der Waals surface area contributed by atoms with Crippen LogP contribution < -0.4 is 19.7 Å². The topological polar surface area (TPSA) is 98.8 Å². The fourth-order valence-electron chi connectivity index (χ4n) is 4.95. The number of anilines is 1. The molecule has 1 aliphatic rings. The van der Waals surface area contributed by atoms with Gasteiger partial charge in [0.2, 0.25) is 11.8 Å². The number of fused-ring (bicyclic) bond motifs is 1. The molecule has 220 valence electrons. The number of halogens is 1. The van der Waals surface area contributed by atoms with Crippen molar-refractivity contribution >= 4 is 41.0 Å². The zero-order valence-corrected chi connectivity index (χ0v) is 25.7. The standard InChI is InChI=1S/C31H33ClN4O5S/c1-31(2,3)29-27-28(21-15-19(39-4)12-13-24(21)40-5)42-18-26(38)35(17-25(37)33-16-20-9-8-14-41-20)30(27)36(34-29)23-11-7-6-10-22(23)32/h6-15,28H,16-18H2,1-5H3,(H,33,37)/t28-/m0/s1. The minimum absolute atomic E-state index is 0.122. The molecule has 1 aliphatic heterocycles. The summed E-state index contributed by atoms with van der Waals surface area (Å²) >= 11 is 8.17. The van der Waals surface area contributed by atoms with Gasteiger partial charge in [-0.1, -0.05) is 44.5 Å².